The highest BCUT2D eigenvalue weighted by Gasteiger charge is 2.33. The van der Waals surface area contributed by atoms with Crippen LogP contribution in [0.5, 0.6) is 0 Å². The van der Waals surface area contributed by atoms with E-state index < -0.39 is 11.9 Å². The van der Waals surface area contributed by atoms with Crippen LogP contribution in [0.25, 0.3) is 15.3 Å². The largest absolute Gasteiger partial charge is 0.435 e. The van der Waals surface area contributed by atoms with Crippen molar-refractivity contribution in [2.45, 2.75) is 6.18 Å². The molecule has 0 spiro atoms. The van der Waals surface area contributed by atoms with Crippen LogP contribution in [0.3, 0.4) is 0 Å². The van der Waals surface area contributed by atoms with Gasteiger partial charge in [-0.2, -0.15) is 18.3 Å². The van der Waals surface area contributed by atoms with Gasteiger partial charge in [0.05, 0.1) is 10.2 Å². The standard InChI is InChI=1S/C11H7F3N4S/c12-11(13,14)9-3-4-18(17-9)10-16-7-2-1-6(15)5-8(7)19-10/h1-5H,15H2. The fourth-order valence-electron chi connectivity index (χ4n) is 1.61. The molecule has 0 bridgehead atoms. The Hall–Kier alpha value is -2.09. The number of aromatic nitrogens is 3. The van der Waals surface area contributed by atoms with Gasteiger partial charge in [-0.15, -0.1) is 0 Å². The molecule has 0 amide bonds. The summed E-state index contributed by atoms with van der Waals surface area (Å²) in [5, 5.41) is 3.85. The molecule has 0 aliphatic heterocycles. The fourth-order valence-corrected chi connectivity index (χ4v) is 2.56. The number of nitrogens with zero attached hydrogens (tertiary/aromatic N) is 3. The van der Waals surface area contributed by atoms with E-state index in [2.05, 4.69) is 10.1 Å². The molecule has 2 aromatic heterocycles. The molecule has 98 valence electrons. The SMILES string of the molecule is Nc1ccc2nc(-n3ccc(C(F)(F)F)n3)sc2c1. The summed E-state index contributed by atoms with van der Waals surface area (Å²) in [7, 11) is 0. The van der Waals surface area contributed by atoms with Crippen molar-refractivity contribution < 1.29 is 13.2 Å². The van der Waals surface area contributed by atoms with Crippen LogP contribution in [0.2, 0.25) is 0 Å². The van der Waals surface area contributed by atoms with Gasteiger partial charge in [0.25, 0.3) is 0 Å². The highest BCUT2D eigenvalue weighted by molar-refractivity contribution is 7.20. The Bertz CT molecular complexity index is 744. The van der Waals surface area contributed by atoms with Gasteiger partial charge in [-0.1, -0.05) is 11.3 Å². The average Bonchev–Trinajstić information content (AvgIpc) is 2.92. The summed E-state index contributed by atoms with van der Waals surface area (Å²) in [6.07, 6.45) is -3.21. The lowest BCUT2D eigenvalue weighted by molar-refractivity contribution is -0.141. The van der Waals surface area contributed by atoms with Gasteiger partial charge in [0.15, 0.2) is 5.69 Å². The molecule has 4 nitrogen and oxygen atoms in total. The van der Waals surface area contributed by atoms with E-state index in [1.165, 1.54) is 17.5 Å². The van der Waals surface area contributed by atoms with E-state index in [1.807, 2.05) is 0 Å². The molecule has 0 aliphatic carbocycles. The minimum absolute atomic E-state index is 0.371. The van der Waals surface area contributed by atoms with Crippen LogP contribution in [0.4, 0.5) is 18.9 Å². The lowest BCUT2D eigenvalue weighted by Crippen LogP contribution is -2.07. The zero-order valence-electron chi connectivity index (χ0n) is 9.35. The average molecular weight is 284 g/mol. The van der Waals surface area contributed by atoms with Crippen molar-refractivity contribution in [3.05, 3.63) is 36.2 Å². The molecular weight excluding hydrogens is 277 g/mol. The van der Waals surface area contributed by atoms with Gasteiger partial charge in [-0.05, 0) is 24.3 Å². The number of benzene rings is 1. The summed E-state index contributed by atoms with van der Waals surface area (Å²) in [5.74, 6) is 0. The molecule has 0 saturated carbocycles. The molecule has 0 unspecified atom stereocenters. The van der Waals surface area contributed by atoms with E-state index in [-0.39, 0.29) is 0 Å². The van der Waals surface area contributed by atoms with E-state index in [1.54, 1.807) is 18.2 Å². The molecule has 8 heteroatoms. The van der Waals surface area contributed by atoms with Crippen LogP contribution in [0.1, 0.15) is 5.69 Å². The Labute approximate surface area is 109 Å². The first-order chi connectivity index (χ1) is 8.93. The number of hydrogen-bond acceptors (Lipinski definition) is 4. The molecule has 0 fully saturated rings. The summed E-state index contributed by atoms with van der Waals surface area (Å²) >= 11 is 1.23. The number of hydrogen-bond donors (Lipinski definition) is 1. The molecule has 3 aromatic rings. The fraction of sp³-hybridized carbons (Fsp3) is 0.0909. The maximum atomic E-state index is 12.5. The molecule has 0 radical (unpaired) electrons. The summed E-state index contributed by atoms with van der Waals surface area (Å²) in [6, 6.07) is 6.06. The summed E-state index contributed by atoms with van der Waals surface area (Å²) in [5.41, 5.74) is 5.96. The van der Waals surface area contributed by atoms with Gasteiger partial charge < -0.3 is 5.73 Å². The van der Waals surface area contributed by atoms with E-state index >= 15 is 0 Å². The maximum Gasteiger partial charge on any atom is 0.435 e. The first-order valence-corrected chi connectivity index (χ1v) is 6.04. The van der Waals surface area contributed by atoms with Crippen LogP contribution in [0.15, 0.2) is 30.5 Å². The van der Waals surface area contributed by atoms with Crippen molar-refractivity contribution in [1.29, 1.82) is 0 Å². The summed E-state index contributed by atoms with van der Waals surface area (Å²) in [4.78, 5) is 4.22. The van der Waals surface area contributed by atoms with Gasteiger partial charge in [0.2, 0.25) is 5.13 Å². The minimum Gasteiger partial charge on any atom is -0.399 e. The third kappa shape index (κ3) is 2.14. The second-order valence-electron chi connectivity index (χ2n) is 3.87. The highest BCUT2D eigenvalue weighted by Crippen LogP contribution is 2.30. The lowest BCUT2D eigenvalue weighted by Gasteiger charge is -2.00. The number of halogens is 3. The first kappa shape index (κ1) is 12.0. The van der Waals surface area contributed by atoms with Crippen molar-refractivity contribution in [1.82, 2.24) is 14.8 Å². The monoisotopic (exact) mass is 284 g/mol. The van der Waals surface area contributed by atoms with E-state index in [9.17, 15) is 13.2 Å². The number of nitrogen functional groups attached to an aromatic ring is 1. The first-order valence-electron chi connectivity index (χ1n) is 5.23. The predicted molar refractivity (Wildman–Crippen MR) is 66.2 cm³/mol. The van der Waals surface area contributed by atoms with Gasteiger partial charge in [-0.3, -0.25) is 0 Å². The van der Waals surface area contributed by atoms with E-state index in [0.717, 1.165) is 15.4 Å². The number of rotatable bonds is 1. The third-order valence-electron chi connectivity index (χ3n) is 2.48. The van der Waals surface area contributed by atoms with Crippen LogP contribution in [-0.2, 0) is 6.18 Å². The zero-order valence-corrected chi connectivity index (χ0v) is 10.2. The Balaban J connectivity index is 2.07. The van der Waals surface area contributed by atoms with Gasteiger partial charge >= 0.3 is 6.18 Å². The molecule has 1 aromatic carbocycles. The van der Waals surface area contributed by atoms with Crippen LogP contribution < -0.4 is 5.73 Å². The quantitative estimate of drug-likeness (QED) is 0.699. The van der Waals surface area contributed by atoms with Gasteiger partial charge in [0, 0.05) is 11.9 Å². The molecular formula is C11H7F3N4S. The van der Waals surface area contributed by atoms with Gasteiger partial charge in [0.1, 0.15) is 0 Å². The van der Waals surface area contributed by atoms with Crippen molar-refractivity contribution >= 4 is 27.2 Å². The van der Waals surface area contributed by atoms with E-state index in [0.29, 0.717) is 16.3 Å². The van der Waals surface area contributed by atoms with Gasteiger partial charge in [-0.25, -0.2) is 9.67 Å². The molecule has 19 heavy (non-hydrogen) atoms. The normalized spacial score (nSPS) is 12.2. The van der Waals surface area contributed by atoms with Crippen LogP contribution >= 0.6 is 11.3 Å². The Kier molecular flexibility index (Phi) is 2.49. The maximum absolute atomic E-state index is 12.5. The smallest absolute Gasteiger partial charge is 0.399 e. The molecule has 3 rings (SSSR count). The molecule has 0 atom stereocenters. The zero-order chi connectivity index (χ0) is 13.6. The second kappa shape index (κ2) is 3.95. The Morgan fingerprint density at radius 2 is 2.00 bits per heavy atom. The summed E-state index contributed by atoms with van der Waals surface area (Å²) < 4.78 is 39.3. The van der Waals surface area contributed by atoms with Crippen molar-refractivity contribution in [3.63, 3.8) is 0 Å². The number of thiazole rings is 1. The third-order valence-corrected chi connectivity index (χ3v) is 3.48. The number of anilines is 1. The van der Waals surface area contributed by atoms with Crippen LogP contribution in [0, 0.1) is 0 Å². The van der Waals surface area contributed by atoms with Crippen molar-refractivity contribution in [3.8, 4) is 5.13 Å². The lowest BCUT2D eigenvalue weighted by atomic mass is 10.3. The molecule has 2 N–H and O–H groups in total. The Morgan fingerprint density at radius 1 is 1.21 bits per heavy atom. The number of fused-ring (bicyclic) bond motifs is 1. The van der Waals surface area contributed by atoms with Crippen molar-refractivity contribution in [2.75, 3.05) is 5.73 Å². The predicted octanol–water partition coefficient (Wildman–Crippen LogP) is 3.08. The number of nitrogens with two attached hydrogens (primary N) is 1. The topological polar surface area (TPSA) is 56.7 Å². The highest BCUT2D eigenvalue weighted by atomic mass is 32.1. The van der Waals surface area contributed by atoms with Crippen LogP contribution in [-0.4, -0.2) is 14.8 Å². The minimum atomic E-state index is -4.45. The summed E-state index contributed by atoms with van der Waals surface area (Å²) in [6.45, 7) is 0. The van der Waals surface area contributed by atoms with Crippen molar-refractivity contribution in [2.24, 2.45) is 0 Å². The van der Waals surface area contributed by atoms with E-state index in [4.69, 9.17) is 5.73 Å². The Morgan fingerprint density at radius 3 is 2.68 bits per heavy atom. The molecule has 0 saturated heterocycles. The molecule has 0 aliphatic rings. The molecule has 2 heterocycles. The number of alkyl halides is 3. The second-order valence-corrected chi connectivity index (χ2v) is 4.88.